The largest absolute Gasteiger partial charge is 0.488 e. The van der Waals surface area contributed by atoms with Crippen molar-refractivity contribution in [3.05, 3.63) is 29.6 Å². The second-order valence-electron chi connectivity index (χ2n) is 4.94. The first kappa shape index (κ1) is 15.2. The summed E-state index contributed by atoms with van der Waals surface area (Å²) in [6.07, 6.45) is 0. The average Bonchev–Trinajstić information content (AvgIpc) is 2.29. The standard InChI is InChI=1S/C13H21BFNO2/c1-4-16(8-10(2)3)9-11-5-6-12(15)7-13(11)14(17)18/h5-7,10,17-18H,4,8-9H2,1-3H3. The fourth-order valence-electron chi connectivity index (χ4n) is 2.01. The summed E-state index contributed by atoms with van der Waals surface area (Å²) in [5.41, 5.74) is 1.01. The molecule has 3 nitrogen and oxygen atoms in total. The lowest BCUT2D eigenvalue weighted by Crippen LogP contribution is -2.37. The summed E-state index contributed by atoms with van der Waals surface area (Å²) < 4.78 is 13.1. The smallest absolute Gasteiger partial charge is 0.423 e. The quantitative estimate of drug-likeness (QED) is 0.743. The van der Waals surface area contributed by atoms with Gasteiger partial charge in [0.2, 0.25) is 0 Å². The van der Waals surface area contributed by atoms with Crippen molar-refractivity contribution in [2.24, 2.45) is 5.92 Å². The average molecular weight is 253 g/mol. The van der Waals surface area contributed by atoms with Gasteiger partial charge in [0.15, 0.2) is 0 Å². The van der Waals surface area contributed by atoms with E-state index in [9.17, 15) is 14.4 Å². The molecule has 100 valence electrons. The van der Waals surface area contributed by atoms with Gasteiger partial charge in [-0.1, -0.05) is 26.8 Å². The van der Waals surface area contributed by atoms with E-state index in [1.807, 2.05) is 0 Å². The number of hydrogen-bond donors (Lipinski definition) is 2. The van der Waals surface area contributed by atoms with E-state index in [1.54, 1.807) is 6.07 Å². The number of nitrogens with zero attached hydrogens (tertiary/aromatic N) is 1. The minimum absolute atomic E-state index is 0.247. The maximum Gasteiger partial charge on any atom is 0.488 e. The van der Waals surface area contributed by atoms with E-state index < -0.39 is 12.9 Å². The van der Waals surface area contributed by atoms with Crippen LogP contribution < -0.4 is 5.46 Å². The van der Waals surface area contributed by atoms with E-state index in [4.69, 9.17) is 0 Å². The van der Waals surface area contributed by atoms with Crippen molar-refractivity contribution in [3.63, 3.8) is 0 Å². The number of benzene rings is 1. The van der Waals surface area contributed by atoms with Crippen LogP contribution in [0.25, 0.3) is 0 Å². The van der Waals surface area contributed by atoms with E-state index in [1.165, 1.54) is 12.1 Å². The molecule has 0 saturated heterocycles. The van der Waals surface area contributed by atoms with Crippen LogP contribution in [0, 0.1) is 11.7 Å². The Morgan fingerprint density at radius 1 is 1.33 bits per heavy atom. The van der Waals surface area contributed by atoms with Crippen LogP contribution in [0.1, 0.15) is 26.3 Å². The van der Waals surface area contributed by atoms with Crippen LogP contribution in [0.4, 0.5) is 4.39 Å². The lowest BCUT2D eigenvalue weighted by atomic mass is 9.77. The second kappa shape index (κ2) is 6.88. The van der Waals surface area contributed by atoms with E-state index >= 15 is 0 Å². The first-order chi connectivity index (χ1) is 8.43. The Kier molecular flexibility index (Phi) is 5.79. The molecule has 2 N–H and O–H groups in total. The van der Waals surface area contributed by atoms with Gasteiger partial charge in [-0.15, -0.1) is 0 Å². The Labute approximate surface area is 108 Å². The van der Waals surface area contributed by atoms with Crippen molar-refractivity contribution in [2.75, 3.05) is 13.1 Å². The van der Waals surface area contributed by atoms with Crippen molar-refractivity contribution in [1.29, 1.82) is 0 Å². The summed E-state index contributed by atoms with van der Waals surface area (Å²) in [5, 5.41) is 18.5. The van der Waals surface area contributed by atoms with Gasteiger partial charge < -0.3 is 10.0 Å². The SMILES string of the molecule is CCN(Cc1ccc(F)cc1B(O)O)CC(C)C. The zero-order valence-electron chi connectivity index (χ0n) is 11.2. The van der Waals surface area contributed by atoms with Gasteiger partial charge in [0.25, 0.3) is 0 Å². The van der Waals surface area contributed by atoms with Gasteiger partial charge in [-0.3, -0.25) is 4.90 Å². The van der Waals surface area contributed by atoms with E-state index in [0.717, 1.165) is 18.7 Å². The summed E-state index contributed by atoms with van der Waals surface area (Å²) in [6, 6.07) is 4.15. The van der Waals surface area contributed by atoms with Crippen molar-refractivity contribution in [1.82, 2.24) is 4.90 Å². The highest BCUT2D eigenvalue weighted by atomic mass is 19.1. The molecule has 1 aromatic carbocycles. The molecule has 0 aliphatic carbocycles. The summed E-state index contributed by atoms with van der Waals surface area (Å²) in [6.45, 7) is 8.72. The van der Waals surface area contributed by atoms with Gasteiger partial charge in [-0.2, -0.15) is 0 Å². The second-order valence-corrected chi connectivity index (χ2v) is 4.94. The highest BCUT2D eigenvalue weighted by molar-refractivity contribution is 6.59. The third kappa shape index (κ3) is 4.40. The Morgan fingerprint density at radius 3 is 2.50 bits per heavy atom. The van der Waals surface area contributed by atoms with Crippen LogP contribution in [-0.4, -0.2) is 35.2 Å². The van der Waals surface area contributed by atoms with Crippen LogP contribution in [0.5, 0.6) is 0 Å². The molecule has 0 aliphatic heterocycles. The Morgan fingerprint density at radius 2 is 2.00 bits per heavy atom. The minimum Gasteiger partial charge on any atom is -0.423 e. The Balaban J connectivity index is 2.88. The molecule has 0 amide bonds. The van der Waals surface area contributed by atoms with Crippen molar-refractivity contribution < 1.29 is 14.4 Å². The van der Waals surface area contributed by atoms with Gasteiger partial charge in [-0.25, -0.2) is 4.39 Å². The van der Waals surface area contributed by atoms with Crippen molar-refractivity contribution >= 4 is 12.6 Å². The molecule has 5 heteroatoms. The van der Waals surface area contributed by atoms with Crippen LogP contribution in [0.3, 0.4) is 0 Å². The molecular formula is C13H21BFNO2. The summed E-state index contributed by atoms with van der Waals surface area (Å²) in [7, 11) is -1.63. The fourth-order valence-corrected chi connectivity index (χ4v) is 2.01. The maximum absolute atomic E-state index is 13.1. The van der Waals surface area contributed by atoms with E-state index in [0.29, 0.717) is 12.5 Å². The zero-order valence-corrected chi connectivity index (χ0v) is 11.2. The van der Waals surface area contributed by atoms with Gasteiger partial charge in [-0.05, 0) is 35.6 Å². The highest BCUT2D eigenvalue weighted by Crippen LogP contribution is 2.07. The van der Waals surface area contributed by atoms with Crippen LogP contribution in [0.15, 0.2) is 18.2 Å². The van der Waals surface area contributed by atoms with Crippen molar-refractivity contribution in [3.8, 4) is 0 Å². The van der Waals surface area contributed by atoms with Crippen LogP contribution in [-0.2, 0) is 6.54 Å². The van der Waals surface area contributed by atoms with Crippen LogP contribution >= 0.6 is 0 Å². The van der Waals surface area contributed by atoms with E-state index in [2.05, 4.69) is 25.7 Å². The third-order valence-electron chi connectivity index (χ3n) is 2.85. The molecule has 0 saturated carbocycles. The van der Waals surface area contributed by atoms with Crippen molar-refractivity contribution in [2.45, 2.75) is 27.3 Å². The maximum atomic E-state index is 13.1. The monoisotopic (exact) mass is 253 g/mol. The molecule has 0 radical (unpaired) electrons. The van der Waals surface area contributed by atoms with Gasteiger partial charge in [0.05, 0.1) is 0 Å². The first-order valence-electron chi connectivity index (χ1n) is 6.30. The lowest BCUT2D eigenvalue weighted by molar-refractivity contribution is 0.248. The van der Waals surface area contributed by atoms with Gasteiger partial charge in [0, 0.05) is 13.1 Å². The lowest BCUT2D eigenvalue weighted by Gasteiger charge is -2.23. The first-order valence-corrected chi connectivity index (χ1v) is 6.30. The molecule has 1 rings (SSSR count). The van der Waals surface area contributed by atoms with Gasteiger partial charge in [0.1, 0.15) is 5.82 Å². The fraction of sp³-hybridized carbons (Fsp3) is 0.538. The molecule has 18 heavy (non-hydrogen) atoms. The number of halogens is 1. The molecule has 0 atom stereocenters. The Bertz CT molecular complexity index is 385. The minimum atomic E-state index is -1.63. The van der Waals surface area contributed by atoms with Gasteiger partial charge >= 0.3 is 7.12 Å². The molecule has 0 bridgehead atoms. The summed E-state index contributed by atoms with van der Waals surface area (Å²) >= 11 is 0. The molecule has 1 aromatic rings. The normalized spacial score (nSPS) is 11.3. The van der Waals surface area contributed by atoms with E-state index in [-0.39, 0.29) is 5.46 Å². The van der Waals surface area contributed by atoms with Crippen LogP contribution in [0.2, 0.25) is 0 Å². The molecule has 0 fully saturated rings. The highest BCUT2D eigenvalue weighted by Gasteiger charge is 2.18. The Hall–Kier alpha value is -0.905. The molecule has 0 unspecified atom stereocenters. The molecule has 0 aromatic heterocycles. The number of rotatable bonds is 6. The topological polar surface area (TPSA) is 43.7 Å². The number of hydrogen-bond acceptors (Lipinski definition) is 3. The molecule has 0 aliphatic rings. The molecule has 0 spiro atoms. The summed E-state index contributed by atoms with van der Waals surface area (Å²) in [5.74, 6) is 0.0849. The predicted octanol–water partition coefficient (Wildman–Crippen LogP) is 0.983. The molecular weight excluding hydrogens is 232 g/mol. The third-order valence-corrected chi connectivity index (χ3v) is 2.85. The predicted molar refractivity (Wildman–Crippen MR) is 72.0 cm³/mol. The molecule has 0 heterocycles. The zero-order chi connectivity index (χ0) is 13.7. The summed E-state index contributed by atoms with van der Waals surface area (Å²) in [4.78, 5) is 2.20.